The molecule has 1 N–H and O–H groups in total. The third-order valence-corrected chi connectivity index (χ3v) is 4.90. The zero-order valence-corrected chi connectivity index (χ0v) is 11.5. The van der Waals surface area contributed by atoms with E-state index in [4.69, 9.17) is 9.47 Å². The first-order chi connectivity index (χ1) is 8.45. The van der Waals surface area contributed by atoms with E-state index in [0.717, 1.165) is 19.4 Å². The maximum absolute atomic E-state index is 12.0. The number of carbonyl (C=O) groups is 1. The first-order valence-electron chi connectivity index (χ1n) is 7.10. The molecule has 1 heterocycles. The molecule has 4 heteroatoms. The molecule has 3 rings (SSSR count). The minimum atomic E-state index is -0.483. The highest BCUT2D eigenvalue weighted by Gasteiger charge is 2.56. The molecule has 1 saturated heterocycles. The van der Waals surface area contributed by atoms with E-state index < -0.39 is 5.72 Å². The van der Waals surface area contributed by atoms with Gasteiger partial charge in [0.05, 0.1) is 6.61 Å². The van der Waals surface area contributed by atoms with Crippen molar-refractivity contribution in [3.63, 3.8) is 0 Å². The molecule has 1 amide bonds. The molecule has 3 fully saturated rings. The summed E-state index contributed by atoms with van der Waals surface area (Å²) in [5.41, 5.74) is -0.704. The van der Waals surface area contributed by atoms with Crippen LogP contribution in [0.4, 0.5) is 4.79 Å². The predicted octanol–water partition coefficient (Wildman–Crippen LogP) is 2.67. The number of ether oxygens (including phenoxy) is 2. The number of nitrogens with one attached hydrogen (secondary N) is 1. The first-order valence-corrected chi connectivity index (χ1v) is 7.10. The molecule has 0 aromatic rings. The first kappa shape index (κ1) is 12.3. The van der Waals surface area contributed by atoms with E-state index in [1.807, 2.05) is 6.92 Å². The number of hydrogen-bond donors (Lipinski definition) is 1. The van der Waals surface area contributed by atoms with Crippen LogP contribution in [0.3, 0.4) is 0 Å². The van der Waals surface area contributed by atoms with Gasteiger partial charge >= 0.3 is 6.09 Å². The molecule has 1 aliphatic heterocycles. The predicted molar refractivity (Wildman–Crippen MR) is 67.0 cm³/mol. The van der Waals surface area contributed by atoms with Crippen LogP contribution in [0.2, 0.25) is 0 Å². The molecule has 4 nitrogen and oxygen atoms in total. The second kappa shape index (κ2) is 3.86. The SMILES string of the molecule is CC1COC1(NC(=O)OC1(C)CC1)C(C)C1CC1. The van der Waals surface area contributed by atoms with Gasteiger partial charge in [-0.25, -0.2) is 4.79 Å². The van der Waals surface area contributed by atoms with Gasteiger partial charge in [0.2, 0.25) is 0 Å². The van der Waals surface area contributed by atoms with Crippen LogP contribution in [0, 0.1) is 17.8 Å². The van der Waals surface area contributed by atoms with Crippen molar-refractivity contribution >= 4 is 6.09 Å². The van der Waals surface area contributed by atoms with Crippen LogP contribution in [0.15, 0.2) is 0 Å². The second-order valence-electron chi connectivity index (χ2n) is 6.60. The van der Waals surface area contributed by atoms with Crippen LogP contribution in [-0.4, -0.2) is 24.0 Å². The minimum absolute atomic E-state index is 0.221. The Morgan fingerprint density at radius 2 is 2.11 bits per heavy atom. The van der Waals surface area contributed by atoms with Crippen molar-refractivity contribution in [1.82, 2.24) is 5.32 Å². The van der Waals surface area contributed by atoms with E-state index in [2.05, 4.69) is 19.2 Å². The van der Waals surface area contributed by atoms with Crippen LogP contribution >= 0.6 is 0 Å². The van der Waals surface area contributed by atoms with Crippen LogP contribution in [0.25, 0.3) is 0 Å². The fraction of sp³-hybridized carbons (Fsp3) is 0.929. The Balaban J connectivity index is 1.64. The van der Waals surface area contributed by atoms with E-state index >= 15 is 0 Å². The topological polar surface area (TPSA) is 47.6 Å². The van der Waals surface area contributed by atoms with Crippen molar-refractivity contribution in [1.29, 1.82) is 0 Å². The van der Waals surface area contributed by atoms with Crippen molar-refractivity contribution in [2.75, 3.05) is 6.61 Å². The summed E-state index contributed by atoms with van der Waals surface area (Å²) in [6.45, 7) is 7.04. The largest absolute Gasteiger partial charge is 0.443 e. The van der Waals surface area contributed by atoms with Gasteiger partial charge in [-0.15, -0.1) is 0 Å². The molecule has 0 aromatic heterocycles. The number of rotatable bonds is 4. The molecule has 2 aliphatic carbocycles. The molecule has 3 aliphatic rings. The molecule has 102 valence electrons. The zero-order chi connectivity index (χ0) is 13.0. The summed E-state index contributed by atoms with van der Waals surface area (Å²) in [7, 11) is 0. The fourth-order valence-corrected chi connectivity index (χ4v) is 2.92. The van der Waals surface area contributed by atoms with Crippen LogP contribution in [0.5, 0.6) is 0 Å². The zero-order valence-electron chi connectivity index (χ0n) is 11.5. The van der Waals surface area contributed by atoms with Crippen molar-refractivity contribution in [3.05, 3.63) is 0 Å². The maximum atomic E-state index is 12.0. The second-order valence-corrected chi connectivity index (χ2v) is 6.60. The summed E-state index contributed by atoms with van der Waals surface area (Å²) in [4.78, 5) is 12.0. The van der Waals surface area contributed by atoms with Gasteiger partial charge in [-0.05, 0) is 38.5 Å². The van der Waals surface area contributed by atoms with Gasteiger partial charge in [-0.2, -0.15) is 0 Å². The molecule has 18 heavy (non-hydrogen) atoms. The van der Waals surface area contributed by atoms with Gasteiger partial charge in [0.1, 0.15) is 5.60 Å². The van der Waals surface area contributed by atoms with Gasteiger partial charge in [-0.3, -0.25) is 5.32 Å². The Morgan fingerprint density at radius 3 is 2.50 bits per heavy atom. The number of amides is 1. The molecule has 0 bridgehead atoms. The Labute approximate surface area is 108 Å². The minimum Gasteiger partial charge on any atom is -0.443 e. The highest BCUT2D eigenvalue weighted by atomic mass is 16.6. The maximum Gasteiger partial charge on any atom is 0.409 e. The molecular formula is C14H23NO3. The summed E-state index contributed by atoms with van der Waals surface area (Å²) in [6.07, 6.45) is 4.15. The average Bonchev–Trinajstić information content (AvgIpc) is 3.19. The standard InChI is InChI=1S/C14H23NO3/c1-9-8-17-14(9,10(2)11-4-5-11)15-12(16)18-13(3)6-7-13/h9-11H,4-8H2,1-3H3,(H,15,16). The van der Waals surface area contributed by atoms with E-state index in [0.29, 0.717) is 17.8 Å². The van der Waals surface area contributed by atoms with E-state index in [1.165, 1.54) is 12.8 Å². The number of alkyl carbamates (subject to hydrolysis) is 1. The van der Waals surface area contributed by atoms with Gasteiger partial charge in [-0.1, -0.05) is 13.8 Å². The summed E-state index contributed by atoms with van der Waals surface area (Å²) >= 11 is 0. The van der Waals surface area contributed by atoms with E-state index in [1.54, 1.807) is 0 Å². The van der Waals surface area contributed by atoms with Crippen LogP contribution in [-0.2, 0) is 9.47 Å². The quantitative estimate of drug-likeness (QED) is 0.838. The van der Waals surface area contributed by atoms with Crippen LogP contribution < -0.4 is 5.32 Å². The lowest BCUT2D eigenvalue weighted by Gasteiger charge is -2.51. The third-order valence-electron chi connectivity index (χ3n) is 4.90. The van der Waals surface area contributed by atoms with Gasteiger partial charge < -0.3 is 9.47 Å². The van der Waals surface area contributed by atoms with E-state index in [9.17, 15) is 4.79 Å². The van der Waals surface area contributed by atoms with Crippen molar-refractivity contribution in [2.45, 2.75) is 57.8 Å². The Kier molecular flexibility index (Phi) is 2.63. The number of carbonyl (C=O) groups excluding carboxylic acids is 1. The lowest BCUT2D eigenvalue weighted by Crippen LogP contribution is -2.67. The fourth-order valence-electron chi connectivity index (χ4n) is 2.92. The van der Waals surface area contributed by atoms with Gasteiger partial charge in [0.15, 0.2) is 5.72 Å². The molecule has 3 unspecified atom stereocenters. The van der Waals surface area contributed by atoms with Gasteiger partial charge in [0, 0.05) is 11.8 Å². The summed E-state index contributed by atoms with van der Waals surface area (Å²) in [5, 5.41) is 3.01. The highest BCUT2D eigenvalue weighted by Crippen LogP contribution is 2.49. The van der Waals surface area contributed by atoms with E-state index in [-0.39, 0.29) is 11.7 Å². The Bertz CT molecular complexity index is 362. The molecule has 0 spiro atoms. The Hall–Kier alpha value is -0.770. The lowest BCUT2D eigenvalue weighted by molar-refractivity contribution is -0.242. The number of hydrogen-bond acceptors (Lipinski definition) is 3. The van der Waals surface area contributed by atoms with Crippen LogP contribution in [0.1, 0.15) is 46.5 Å². The van der Waals surface area contributed by atoms with Crippen molar-refractivity contribution < 1.29 is 14.3 Å². The smallest absolute Gasteiger partial charge is 0.409 e. The summed E-state index contributed by atoms with van der Waals surface area (Å²) in [5.74, 6) is 1.44. The normalized spacial score (nSPS) is 38.5. The Morgan fingerprint density at radius 1 is 1.44 bits per heavy atom. The van der Waals surface area contributed by atoms with Crippen molar-refractivity contribution in [2.24, 2.45) is 17.8 Å². The highest BCUT2D eigenvalue weighted by molar-refractivity contribution is 5.69. The monoisotopic (exact) mass is 253 g/mol. The summed E-state index contributed by atoms with van der Waals surface area (Å²) in [6, 6.07) is 0. The molecule has 2 saturated carbocycles. The van der Waals surface area contributed by atoms with Gasteiger partial charge in [0.25, 0.3) is 0 Å². The summed E-state index contributed by atoms with van der Waals surface area (Å²) < 4.78 is 11.2. The molecule has 3 atom stereocenters. The molecule has 0 aromatic carbocycles. The molecule has 0 radical (unpaired) electrons. The van der Waals surface area contributed by atoms with Crippen molar-refractivity contribution in [3.8, 4) is 0 Å². The average molecular weight is 253 g/mol. The molecular weight excluding hydrogens is 230 g/mol. The lowest BCUT2D eigenvalue weighted by atomic mass is 9.79. The third kappa shape index (κ3) is 2.00.